The number of amides is 2. The highest BCUT2D eigenvalue weighted by Crippen LogP contribution is 2.37. The van der Waals surface area contributed by atoms with Crippen LogP contribution in [0.25, 0.3) is 0 Å². The molecular formula is C28H28N4O3S. The lowest BCUT2D eigenvalue weighted by atomic mass is 10.1. The van der Waals surface area contributed by atoms with Crippen LogP contribution >= 0.6 is 11.8 Å². The van der Waals surface area contributed by atoms with Gasteiger partial charge in [-0.05, 0) is 56.2 Å². The zero-order valence-corrected chi connectivity index (χ0v) is 21.2. The van der Waals surface area contributed by atoms with Gasteiger partial charge in [0, 0.05) is 11.4 Å². The summed E-state index contributed by atoms with van der Waals surface area (Å²) in [5.41, 5.74) is 10.6. The molecule has 3 aromatic carbocycles. The molecule has 1 aliphatic rings. The highest BCUT2D eigenvalue weighted by Gasteiger charge is 2.39. The first kappa shape index (κ1) is 25.1. The summed E-state index contributed by atoms with van der Waals surface area (Å²) < 4.78 is 5.62. The molecule has 8 heteroatoms. The van der Waals surface area contributed by atoms with E-state index >= 15 is 0 Å². The molecule has 0 aliphatic carbocycles. The van der Waals surface area contributed by atoms with Gasteiger partial charge >= 0.3 is 0 Å². The van der Waals surface area contributed by atoms with Crippen molar-refractivity contribution in [2.75, 3.05) is 17.2 Å². The topological polar surface area (TPSA) is 106 Å². The first-order valence-electron chi connectivity index (χ1n) is 11.6. The molecule has 0 saturated carbocycles. The smallest absolute Gasteiger partial charge is 0.260 e. The average Bonchev–Trinajstić information content (AvgIpc) is 3.19. The van der Waals surface area contributed by atoms with Gasteiger partial charge < -0.3 is 21.1 Å². The summed E-state index contributed by atoms with van der Waals surface area (Å²) in [4.78, 5) is 31.5. The number of carbonyl (C=O) groups is 2. The van der Waals surface area contributed by atoms with Crippen LogP contribution in [0.4, 0.5) is 17.1 Å². The van der Waals surface area contributed by atoms with E-state index in [9.17, 15) is 9.59 Å². The van der Waals surface area contributed by atoms with E-state index in [2.05, 4.69) is 15.6 Å². The molecule has 7 nitrogen and oxygen atoms in total. The molecule has 0 saturated heterocycles. The number of hydrogen-bond acceptors (Lipinski definition) is 6. The molecule has 0 fully saturated rings. The maximum absolute atomic E-state index is 13.5. The van der Waals surface area contributed by atoms with Crippen LogP contribution < -0.4 is 21.1 Å². The normalized spacial score (nSPS) is 16.2. The van der Waals surface area contributed by atoms with E-state index in [1.165, 1.54) is 0 Å². The Balaban J connectivity index is 1.68. The van der Waals surface area contributed by atoms with Crippen molar-refractivity contribution in [3.05, 3.63) is 95.2 Å². The van der Waals surface area contributed by atoms with Crippen LogP contribution in [-0.4, -0.2) is 28.7 Å². The largest absolute Gasteiger partial charge is 0.492 e. The minimum Gasteiger partial charge on any atom is -0.492 e. The Morgan fingerprint density at radius 2 is 1.61 bits per heavy atom. The van der Waals surface area contributed by atoms with Crippen molar-refractivity contribution in [3.8, 4) is 5.75 Å². The molecule has 3 aromatic rings. The highest BCUT2D eigenvalue weighted by atomic mass is 32.2. The number of rotatable bonds is 7. The number of para-hydroxylation sites is 4. The number of nitrogens with two attached hydrogens (primary N) is 1. The maximum atomic E-state index is 13.5. The van der Waals surface area contributed by atoms with Gasteiger partial charge in [0.2, 0.25) is 5.91 Å². The van der Waals surface area contributed by atoms with Crippen LogP contribution in [0.15, 0.2) is 89.1 Å². The fraction of sp³-hybridized carbons (Fsp3) is 0.179. The predicted octanol–water partition coefficient (Wildman–Crippen LogP) is 5.34. The van der Waals surface area contributed by atoms with Gasteiger partial charge in [-0.25, -0.2) is 4.99 Å². The lowest BCUT2D eigenvalue weighted by Crippen LogP contribution is -2.29. The summed E-state index contributed by atoms with van der Waals surface area (Å²) in [6.07, 6.45) is 0. The van der Waals surface area contributed by atoms with Crippen molar-refractivity contribution < 1.29 is 14.3 Å². The van der Waals surface area contributed by atoms with Crippen molar-refractivity contribution in [1.82, 2.24) is 0 Å². The SMILES string of the molecule is CCOc1ccccc1NC(=O)[C@H]1SC(=Nc2ccccc2)C(C(=O)Nc2c(C)cccc2C)=C1N. The Hall–Kier alpha value is -4.04. The van der Waals surface area contributed by atoms with Gasteiger partial charge in [-0.15, -0.1) is 0 Å². The van der Waals surface area contributed by atoms with Crippen LogP contribution in [0.2, 0.25) is 0 Å². The van der Waals surface area contributed by atoms with Crippen molar-refractivity contribution in [3.63, 3.8) is 0 Å². The molecule has 4 rings (SSSR count). The van der Waals surface area contributed by atoms with Crippen LogP contribution in [0.5, 0.6) is 5.75 Å². The molecule has 1 heterocycles. The Morgan fingerprint density at radius 1 is 0.944 bits per heavy atom. The fourth-order valence-corrected chi connectivity index (χ4v) is 4.97. The third-order valence-corrected chi connectivity index (χ3v) is 6.85. The molecule has 2 amide bonds. The molecule has 0 aromatic heterocycles. The van der Waals surface area contributed by atoms with Crippen LogP contribution in [0.1, 0.15) is 18.1 Å². The van der Waals surface area contributed by atoms with Gasteiger partial charge in [0.25, 0.3) is 5.91 Å². The van der Waals surface area contributed by atoms with Gasteiger partial charge in [-0.3, -0.25) is 9.59 Å². The number of ether oxygens (including phenoxy) is 1. The predicted molar refractivity (Wildman–Crippen MR) is 147 cm³/mol. The van der Waals surface area contributed by atoms with Crippen LogP contribution in [-0.2, 0) is 9.59 Å². The lowest BCUT2D eigenvalue weighted by molar-refractivity contribution is -0.115. The number of nitrogens with one attached hydrogen (secondary N) is 2. The second-order valence-corrected chi connectivity index (χ2v) is 9.31. The van der Waals surface area contributed by atoms with E-state index in [-0.39, 0.29) is 17.2 Å². The summed E-state index contributed by atoms with van der Waals surface area (Å²) in [5, 5.41) is 5.43. The van der Waals surface area contributed by atoms with Gasteiger partial charge in [-0.2, -0.15) is 0 Å². The Labute approximate surface area is 214 Å². The number of aliphatic imine (C=N–C) groups is 1. The van der Waals surface area contributed by atoms with Gasteiger partial charge in [0.1, 0.15) is 16.0 Å². The second kappa shape index (κ2) is 11.1. The molecule has 4 N–H and O–H groups in total. The Bertz CT molecular complexity index is 1330. The molecule has 1 atom stereocenters. The third kappa shape index (κ3) is 5.44. The first-order valence-corrected chi connectivity index (χ1v) is 12.5. The van der Waals surface area contributed by atoms with Gasteiger partial charge in [0.05, 0.1) is 23.6 Å². The van der Waals surface area contributed by atoms with E-state index in [1.54, 1.807) is 12.1 Å². The number of benzene rings is 3. The molecule has 1 aliphatic heterocycles. The lowest BCUT2D eigenvalue weighted by Gasteiger charge is -2.14. The van der Waals surface area contributed by atoms with E-state index in [0.29, 0.717) is 34.5 Å². The number of carbonyl (C=O) groups excluding carboxylic acids is 2. The van der Waals surface area contributed by atoms with Crippen molar-refractivity contribution in [2.24, 2.45) is 10.7 Å². The standard InChI is InChI=1S/C28H28N4O3S/c1-4-35-21-16-9-8-15-20(21)31-27(34)25-23(29)22(28(36-25)30-19-13-6-5-7-14-19)26(33)32-24-17(2)11-10-12-18(24)3/h5-16,25H,4,29H2,1-3H3,(H,31,34)(H,32,33)/t25-/m0/s1. The molecular weight excluding hydrogens is 472 g/mol. The third-order valence-electron chi connectivity index (χ3n) is 5.63. The average molecular weight is 501 g/mol. The maximum Gasteiger partial charge on any atom is 0.260 e. The second-order valence-electron chi connectivity index (χ2n) is 8.22. The molecule has 0 unspecified atom stereocenters. The number of anilines is 2. The van der Waals surface area contributed by atoms with Crippen molar-refractivity contribution >= 4 is 45.7 Å². The van der Waals surface area contributed by atoms with Gasteiger partial charge in [-0.1, -0.05) is 60.3 Å². The van der Waals surface area contributed by atoms with E-state index in [4.69, 9.17) is 10.5 Å². The monoisotopic (exact) mass is 500 g/mol. The van der Waals surface area contributed by atoms with Crippen molar-refractivity contribution in [1.29, 1.82) is 0 Å². The van der Waals surface area contributed by atoms with E-state index in [1.807, 2.05) is 81.4 Å². The zero-order chi connectivity index (χ0) is 25.7. The van der Waals surface area contributed by atoms with Crippen LogP contribution in [0.3, 0.4) is 0 Å². The van der Waals surface area contributed by atoms with Crippen LogP contribution in [0, 0.1) is 13.8 Å². The van der Waals surface area contributed by atoms with Crippen molar-refractivity contribution in [2.45, 2.75) is 26.0 Å². The highest BCUT2D eigenvalue weighted by molar-refractivity contribution is 8.16. The molecule has 0 spiro atoms. The summed E-state index contributed by atoms with van der Waals surface area (Å²) in [7, 11) is 0. The molecule has 0 bridgehead atoms. The minimum absolute atomic E-state index is 0.157. The summed E-state index contributed by atoms with van der Waals surface area (Å²) in [5.74, 6) is -0.206. The first-order chi connectivity index (χ1) is 17.4. The summed E-state index contributed by atoms with van der Waals surface area (Å²) in [6.45, 7) is 6.19. The minimum atomic E-state index is -0.833. The molecule has 0 radical (unpaired) electrons. The van der Waals surface area contributed by atoms with E-state index < -0.39 is 11.2 Å². The Kier molecular flexibility index (Phi) is 7.75. The molecule has 36 heavy (non-hydrogen) atoms. The number of hydrogen-bond donors (Lipinski definition) is 3. The fourth-order valence-electron chi connectivity index (χ4n) is 3.85. The molecule has 184 valence electrons. The zero-order valence-electron chi connectivity index (χ0n) is 20.4. The van der Waals surface area contributed by atoms with E-state index in [0.717, 1.165) is 22.9 Å². The summed E-state index contributed by atoms with van der Waals surface area (Å²) in [6, 6.07) is 22.2. The number of nitrogens with zero attached hydrogens (tertiary/aromatic N) is 1. The Morgan fingerprint density at radius 3 is 2.31 bits per heavy atom. The quantitative estimate of drug-likeness (QED) is 0.406. The number of thioether (sulfide) groups is 1. The van der Waals surface area contributed by atoms with Gasteiger partial charge in [0.15, 0.2) is 0 Å². The summed E-state index contributed by atoms with van der Waals surface area (Å²) >= 11 is 1.15. The number of aryl methyl sites for hydroxylation is 2.